The van der Waals surface area contributed by atoms with Gasteiger partial charge in [-0.2, -0.15) is 0 Å². The highest BCUT2D eigenvalue weighted by molar-refractivity contribution is 5.87. The van der Waals surface area contributed by atoms with Crippen molar-refractivity contribution >= 4 is 12.0 Å². The molecule has 1 aliphatic heterocycles. The molecule has 0 radical (unpaired) electrons. The average Bonchev–Trinajstić information content (AvgIpc) is 2.94. The van der Waals surface area contributed by atoms with Gasteiger partial charge in [0.2, 0.25) is 0 Å². The fourth-order valence-corrected chi connectivity index (χ4v) is 3.01. The van der Waals surface area contributed by atoms with E-state index in [1.54, 1.807) is 11.8 Å². The average molecular weight is 268 g/mol. The quantitative estimate of drug-likeness (QED) is 0.797. The maximum absolute atomic E-state index is 12.2. The number of esters is 1. The molecule has 2 fully saturated rings. The highest BCUT2D eigenvalue weighted by atomic mass is 16.5. The van der Waals surface area contributed by atoms with Crippen molar-refractivity contribution in [2.24, 2.45) is 0 Å². The van der Waals surface area contributed by atoms with E-state index in [9.17, 15) is 9.59 Å². The summed E-state index contributed by atoms with van der Waals surface area (Å²) in [7, 11) is 0. The molecule has 1 N–H and O–H groups in total. The van der Waals surface area contributed by atoms with Gasteiger partial charge >= 0.3 is 12.0 Å². The van der Waals surface area contributed by atoms with E-state index in [0.29, 0.717) is 19.4 Å². The van der Waals surface area contributed by atoms with Crippen molar-refractivity contribution in [1.82, 2.24) is 10.2 Å². The number of hydrogen-bond donors (Lipinski definition) is 1. The van der Waals surface area contributed by atoms with Gasteiger partial charge < -0.3 is 15.0 Å². The first-order valence-electron chi connectivity index (χ1n) is 7.42. The van der Waals surface area contributed by atoms with Crippen molar-refractivity contribution in [3.63, 3.8) is 0 Å². The van der Waals surface area contributed by atoms with Gasteiger partial charge in [-0.25, -0.2) is 9.59 Å². The summed E-state index contributed by atoms with van der Waals surface area (Å²) in [6, 6.07) is -0.104. The monoisotopic (exact) mass is 268 g/mol. The van der Waals surface area contributed by atoms with E-state index >= 15 is 0 Å². The normalized spacial score (nSPS) is 22.1. The lowest BCUT2D eigenvalue weighted by Gasteiger charge is -2.36. The zero-order chi connectivity index (χ0) is 13.7. The van der Waals surface area contributed by atoms with Crippen molar-refractivity contribution in [3.05, 3.63) is 0 Å². The summed E-state index contributed by atoms with van der Waals surface area (Å²) in [6.07, 6.45) is 6.58. The molecule has 0 aromatic carbocycles. The van der Waals surface area contributed by atoms with Crippen LogP contribution in [0.25, 0.3) is 0 Å². The van der Waals surface area contributed by atoms with Crippen molar-refractivity contribution in [2.45, 2.75) is 57.4 Å². The third-order valence-electron chi connectivity index (χ3n) is 4.11. The molecule has 0 bridgehead atoms. The number of carbonyl (C=O) groups is 2. The van der Waals surface area contributed by atoms with Gasteiger partial charge in [0.15, 0.2) is 0 Å². The second-order valence-electron chi connectivity index (χ2n) is 5.49. The highest BCUT2D eigenvalue weighted by Gasteiger charge is 2.43. The van der Waals surface area contributed by atoms with Crippen LogP contribution in [0.4, 0.5) is 4.79 Å². The Kier molecular flexibility index (Phi) is 4.66. The van der Waals surface area contributed by atoms with E-state index in [2.05, 4.69) is 5.32 Å². The Morgan fingerprint density at radius 2 is 1.74 bits per heavy atom. The molecule has 108 valence electrons. The molecule has 5 nitrogen and oxygen atoms in total. The van der Waals surface area contributed by atoms with Gasteiger partial charge in [0.25, 0.3) is 0 Å². The van der Waals surface area contributed by atoms with E-state index in [-0.39, 0.29) is 12.0 Å². The summed E-state index contributed by atoms with van der Waals surface area (Å²) in [5.74, 6) is -0.262. The van der Waals surface area contributed by atoms with E-state index < -0.39 is 5.54 Å². The van der Waals surface area contributed by atoms with Crippen LogP contribution in [-0.4, -0.2) is 42.1 Å². The number of nitrogens with zero attached hydrogens (tertiary/aromatic N) is 1. The van der Waals surface area contributed by atoms with Crippen LogP contribution in [0.15, 0.2) is 0 Å². The van der Waals surface area contributed by atoms with Crippen LogP contribution in [0, 0.1) is 0 Å². The zero-order valence-electron chi connectivity index (χ0n) is 11.7. The largest absolute Gasteiger partial charge is 0.464 e. The van der Waals surface area contributed by atoms with Crippen LogP contribution in [0.3, 0.4) is 0 Å². The first-order valence-corrected chi connectivity index (χ1v) is 7.42. The fraction of sp³-hybridized carbons (Fsp3) is 0.857. The summed E-state index contributed by atoms with van der Waals surface area (Å²) in [4.78, 5) is 26.3. The number of rotatable bonds is 3. The third kappa shape index (κ3) is 3.19. The summed E-state index contributed by atoms with van der Waals surface area (Å²) in [5, 5.41) is 2.97. The Labute approximate surface area is 114 Å². The predicted molar refractivity (Wildman–Crippen MR) is 71.8 cm³/mol. The summed E-state index contributed by atoms with van der Waals surface area (Å²) >= 11 is 0. The van der Waals surface area contributed by atoms with Gasteiger partial charge in [0, 0.05) is 13.1 Å². The second kappa shape index (κ2) is 6.26. The van der Waals surface area contributed by atoms with Gasteiger partial charge in [-0.1, -0.05) is 19.3 Å². The molecule has 1 heterocycles. The SMILES string of the molecule is CCOC(=O)C1(NC(=O)N2CCCC2)CCCCC1. The molecule has 0 aromatic heterocycles. The molecular weight excluding hydrogens is 244 g/mol. The summed E-state index contributed by atoms with van der Waals surface area (Å²) in [5.41, 5.74) is -0.784. The molecule has 0 unspecified atom stereocenters. The first-order chi connectivity index (χ1) is 9.18. The molecule has 2 rings (SSSR count). The zero-order valence-corrected chi connectivity index (χ0v) is 11.7. The van der Waals surface area contributed by atoms with Gasteiger partial charge in [0.1, 0.15) is 5.54 Å². The minimum absolute atomic E-state index is 0.104. The van der Waals surface area contributed by atoms with Gasteiger partial charge in [-0.05, 0) is 32.6 Å². The highest BCUT2D eigenvalue weighted by Crippen LogP contribution is 2.30. The molecule has 0 atom stereocenters. The Hall–Kier alpha value is -1.26. The number of ether oxygens (including phenoxy) is 1. The Balaban J connectivity index is 2.04. The number of carbonyl (C=O) groups excluding carboxylic acids is 2. The molecule has 19 heavy (non-hydrogen) atoms. The predicted octanol–water partition coefficient (Wildman–Crippen LogP) is 2.06. The van der Waals surface area contributed by atoms with Crippen LogP contribution in [0.5, 0.6) is 0 Å². The topological polar surface area (TPSA) is 58.6 Å². The Morgan fingerprint density at radius 1 is 1.11 bits per heavy atom. The molecule has 2 amide bonds. The second-order valence-corrected chi connectivity index (χ2v) is 5.49. The van der Waals surface area contributed by atoms with Gasteiger partial charge in [-0.3, -0.25) is 0 Å². The Bertz CT molecular complexity index is 332. The van der Waals surface area contributed by atoms with Crippen LogP contribution >= 0.6 is 0 Å². The van der Waals surface area contributed by atoms with Gasteiger partial charge in [0.05, 0.1) is 6.61 Å². The number of likely N-dealkylation sites (tertiary alicyclic amines) is 1. The number of hydrogen-bond acceptors (Lipinski definition) is 3. The molecule has 1 saturated heterocycles. The third-order valence-corrected chi connectivity index (χ3v) is 4.11. The lowest BCUT2D eigenvalue weighted by molar-refractivity contribution is -0.152. The molecule has 0 spiro atoms. The molecular formula is C14H24N2O3. The molecule has 1 saturated carbocycles. The summed E-state index contributed by atoms with van der Waals surface area (Å²) in [6.45, 7) is 3.76. The smallest absolute Gasteiger partial charge is 0.331 e. The van der Waals surface area contributed by atoms with E-state index in [4.69, 9.17) is 4.74 Å². The molecule has 5 heteroatoms. The van der Waals surface area contributed by atoms with Crippen molar-refractivity contribution in [1.29, 1.82) is 0 Å². The lowest BCUT2D eigenvalue weighted by Crippen LogP contribution is -2.59. The number of urea groups is 1. The summed E-state index contributed by atoms with van der Waals surface area (Å²) < 4.78 is 5.18. The van der Waals surface area contributed by atoms with E-state index in [0.717, 1.165) is 45.2 Å². The van der Waals surface area contributed by atoms with E-state index in [1.807, 2.05) is 0 Å². The van der Waals surface area contributed by atoms with Crippen molar-refractivity contribution < 1.29 is 14.3 Å². The molecule has 0 aromatic rings. The lowest BCUT2D eigenvalue weighted by atomic mass is 9.81. The minimum atomic E-state index is -0.784. The maximum Gasteiger partial charge on any atom is 0.331 e. The van der Waals surface area contributed by atoms with Gasteiger partial charge in [-0.15, -0.1) is 0 Å². The van der Waals surface area contributed by atoms with Crippen LogP contribution in [0.1, 0.15) is 51.9 Å². The van der Waals surface area contributed by atoms with Crippen LogP contribution in [-0.2, 0) is 9.53 Å². The van der Waals surface area contributed by atoms with Crippen molar-refractivity contribution in [2.75, 3.05) is 19.7 Å². The number of amides is 2. The Morgan fingerprint density at radius 3 is 2.32 bits per heavy atom. The molecule has 2 aliphatic rings. The number of nitrogens with one attached hydrogen (secondary N) is 1. The fourth-order valence-electron chi connectivity index (χ4n) is 3.01. The minimum Gasteiger partial charge on any atom is -0.464 e. The van der Waals surface area contributed by atoms with Crippen LogP contribution < -0.4 is 5.32 Å². The van der Waals surface area contributed by atoms with Crippen molar-refractivity contribution in [3.8, 4) is 0 Å². The molecule has 1 aliphatic carbocycles. The van der Waals surface area contributed by atoms with Crippen LogP contribution in [0.2, 0.25) is 0 Å². The first kappa shape index (κ1) is 14.2. The van der Waals surface area contributed by atoms with E-state index in [1.165, 1.54) is 0 Å². The standard InChI is InChI=1S/C14H24N2O3/c1-2-19-12(17)14(8-4-3-5-9-14)15-13(18)16-10-6-7-11-16/h2-11H2,1H3,(H,15,18). The maximum atomic E-state index is 12.2.